The highest BCUT2D eigenvalue weighted by Crippen LogP contribution is 2.21. The van der Waals surface area contributed by atoms with Gasteiger partial charge in [-0.1, -0.05) is 6.92 Å². The summed E-state index contributed by atoms with van der Waals surface area (Å²) in [5.41, 5.74) is 0. The molecule has 0 heterocycles. The van der Waals surface area contributed by atoms with E-state index >= 15 is 0 Å². The summed E-state index contributed by atoms with van der Waals surface area (Å²) in [6, 6.07) is -1.21. The van der Waals surface area contributed by atoms with Gasteiger partial charge in [0, 0.05) is 6.04 Å². The lowest BCUT2D eigenvalue weighted by atomic mass is 10.1. The van der Waals surface area contributed by atoms with E-state index in [1.807, 2.05) is 0 Å². The SMILES string of the molecule is CCOC(=O)C(CC)N(CC(F)(F)F)C(C)C. The van der Waals surface area contributed by atoms with Gasteiger partial charge in [-0.3, -0.25) is 9.69 Å². The number of carbonyl (C=O) groups excluding carboxylic acids is 1. The highest BCUT2D eigenvalue weighted by Gasteiger charge is 2.37. The molecule has 17 heavy (non-hydrogen) atoms. The zero-order valence-corrected chi connectivity index (χ0v) is 10.7. The quantitative estimate of drug-likeness (QED) is 0.683. The van der Waals surface area contributed by atoms with Crippen LogP contribution < -0.4 is 0 Å². The van der Waals surface area contributed by atoms with E-state index in [4.69, 9.17) is 4.74 Å². The molecule has 0 aromatic carbocycles. The molecule has 1 atom stereocenters. The summed E-state index contributed by atoms with van der Waals surface area (Å²) >= 11 is 0. The fourth-order valence-corrected chi connectivity index (χ4v) is 1.63. The second-order valence-electron chi connectivity index (χ2n) is 4.06. The summed E-state index contributed by atoms with van der Waals surface area (Å²) in [6.45, 7) is 5.65. The summed E-state index contributed by atoms with van der Waals surface area (Å²) in [5, 5.41) is 0. The Labute approximate surface area is 99.9 Å². The fraction of sp³-hybridized carbons (Fsp3) is 0.909. The third-order valence-electron chi connectivity index (χ3n) is 2.37. The largest absolute Gasteiger partial charge is 0.465 e. The molecular weight excluding hydrogens is 235 g/mol. The second kappa shape index (κ2) is 6.83. The maximum absolute atomic E-state index is 12.4. The summed E-state index contributed by atoms with van der Waals surface area (Å²) in [4.78, 5) is 12.7. The number of nitrogens with zero attached hydrogens (tertiary/aromatic N) is 1. The summed E-state index contributed by atoms with van der Waals surface area (Å²) in [7, 11) is 0. The number of hydrogen-bond acceptors (Lipinski definition) is 3. The Kier molecular flexibility index (Phi) is 6.52. The zero-order chi connectivity index (χ0) is 13.6. The molecule has 0 aliphatic carbocycles. The average molecular weight is 255 g/mol. The van der Waals surface area contributed by atoms with Crippen LogP contribution in [0.3, 0.4) is 0 Å². The first-order valence-electron chi connectivity index (χ1n) is 5.72. The van der Waals surface area contributed by atoms with E-state index < -0.39 is 24.7 Å². The van der Waals surface area contributed by atoms with Gasteiger partial charge in [-0.05, 0) is 27.2 Å². The molecule has 102 valence electrons. The smallest absolute Gasteiger partial charge is 0.401 e. The fourth-order valence-electron chi connectivity index (χ4n) is 1.63. The predicted octanol–water partition coefficient (Wildman–Crippen LogP) is 2.60. The Morgan fingerprint density at radius 2 is 1.82 bits per heavy atom. The third-order valence-corrected chi connectivity index (χ3v) is 2.37. The molecule has 0 saturated carbocycles. The first-order valence-corrected chi connectivity index (χ1v) is 5.72. The number of alkyl halides is 3. The second-order valence-corrected chi connectivity index (χ2v) is 4.06. The average Bonchev–Trinajstić information content (AvgIpc) is 2.15. The first-order chi connectivity index (χ1) is 7.72. The summed E-state index contributed by atoms with van der Waals surface area (Å²) in [5.74, 6) is -0.590. The number of rotatable bonds is 6. The van der Waals surface area contributed by atoms with Crippen molar-refractivity contribution in [2.24, 2.45) is 0 Å². The van der Waals surface area contributed by atoms with E-state index in [-0.39, 0.29) is 12.6 Å². The third kappa shape index (κ3) is 5.91. The number of halogens is 3. The number of hydrogen-bond donors (Lipinski definition) is 0. The van der Waals surface area contributed by atoms with Crippen molar-refractivity contribution in [2.45, 2.75) is 52.4 Å². The molecule has 0 aliphatic heterocycles. The van der Waals surface area contributed by atoms with Gasteiger partial charge in [0.2, 0.25) is 0 Å². The van der Waals surface area contributed by atoms with Crippen molar-refractivity contribution in [3.63, 3.8) is 0 Å². The van der Waals surface area contributed by atoms with Crippen LogP contribution in [0, 0.1) is 0 Å². The zero-order valence-electron chi connectivity index (χ0n) is 10.7. The predicted molar refractivity (Wildman–Crippen MR) is 58.6 cm³/mol. The molecule has 6 heteroatoms. The molecule has 0 N–H and O–H groups in total. The molecule has 1 unspecified atom stereocenters. The summed E-state index contributed by atoms with van der Waals surface area (Å²) < 4.78 is 42.0. The van der Waals surface area contributed by atoms with Crippen LogP contribution in [0.4, 0.5) is 13.2 Å². The summed E-state index contributed by atoms with van der Waals surface area (Å²) in [6.07, 6.45) is -4.02. The van der Waals surface area contributed by atoms with Crippen LogP contribution in [0.5, 0.6) is 0 Å². The van der Waals surface area contributed by atoms with Crippen LogP contribution in [0.25, 0.3) is 0 Å². The Bertz CT molecular complexity index is 241. The van der Waals surface area contributed by atoms with Gasteiger partial charge < -0.3 is 4.74 Å². The van der Waals surface area contributed by atoms with Crippen molar-refractivity contribution in [3.8, 4) is 0 Å². The Morgan fingerprint density at radius 3 is 2.12 bits per heavy atom. The Balaban J connectivity index is 4.81. The minimum Gasteiger partial charge on any atom is -0.465 e. The van der Waals surface area contributed by atoms with Crippen molar-refractivity contribution in [1.29, 1.82) is 0 Å². The van der Waals surface area contributed by atoms with Crippen LogP contribution in [0.15, 0.2) is 0 Å². The van der Waals surface area contributed by atoms with Crippen LogP contribution >= 0.6 is 0 Å². The maximum atomic E-state index is 12.4. The van der Waals surface area contributed by atoms with E-state index in [1.54, 1.807) is 27.7 Å². The number of carbonyl (C=O) groups is 1. The lowest BCUT2D eigenvalue weighted by Crippen LogP contribution is -2.49. The van der Waals surface area contributed by atoms with Gasteiger partial charge >= 0.3 is 12.1 Å². The van der Waals surface area contributed by atoms with Crippen molar-refractivity contribution in [2.75, 3.05) is 13.2 Å². The molecule has 0 aromatic rings. The Morgan fingerprint density at radius 1 is 1.29 bits per heavy atom. The molecular formula is C11H20F3NO2. The van der Waals surface area contributed by atoms with Crippen LogP contribution in [0.1, 0.15) is 34.1 Å². The van der Waals surface area contributed by atoms with Crippen LogP contribution in [0.2, 0.25) is 0 Å². The van der Waals surface area contributed by atoms with Crippen LogP contribution in [-0.4, -0.2) is 42.3 Å². The maximum Gasteiger partial charge on any atom is 0.401 e. The molecule has 0 aromatic heterocycles. The van der Waals surface area contributed by atoms with Gasteiger partial charge in [0.05, 0.1) is 13.2 Å². The molecule has 0 aliphatic rings. The number of ether oxygens (including phenoxy) is 1. The van der Waals surface area contributed by atoms with Gasteiger partial charge in [0.15, 0.2) is 0 Å². The van der Waals surface area contributed by atoms with E-state index in [0.717, 1.165) is 4.90 Å². The molecule has 0 amide bonds. The van der Waals surface area contributed by atoms with Crippen molar-refractivity contribution in [3.05, 3.63) is 0 Å². The minimum atomic E-state index is -4.32. The normalized spacial score (nSPS) is 14.2. The van der Waals surface area contributed by atoms with Gasteiger partial charge in [-0.15, -0.1) is 0 Å². The van der Waals surface area contributed by atoms with E-state index in [0.29, 0.717) is 6.42 Å². The number of esters is 1. The molecule has 3 nitrogen and oxygen atoms in total. The topological polar surface area (TPSA) is 29.5 Å². The molecule has 0 spiro atoms. The van der Waals surface area contributed by atoms with Crippen molar-refractivity contribution < 1.29 is 22.7 Å². The standard InChI is InChI=1S/C11H20F3NO2/c1-5-9(10(16)17-6-2)15(8(3)4)7-11(12,13)14/h8-9H,5-7H2,1-4H3. The molecule has 0 fully saturated rings. The van der Waals surface area contributed by atoms with Gasteiger partial charge in [0.25, 0.3) is 0 Å². The monoisotopic (exact) mass is 255 g/mol. The van der Waals surface area contributed by atoms with Crippen LogP contribution in [-0.2, 0) is 9.53 Å². The highest BCUT2D eigenvalue weighted by molar-refractivity contribution is 5.75. The minimum absolute atomic E-state index is 0.174. The molecule has 0 bridgehead atoms. The van der Waals surface area contributed by atoms with E-state index in [1.165, 1.54) is 0 Å². The van der Waals surface area contributed by atoms with Crippen molar-refractivity contribution in [1.82, 2.24) is 4.90 Å². The van der Waals surface area contributed by atoms with Gasteiger partial charge in [0.1, 0.15) is 6.04 Å². The van der Waals surface area contributed by atoms with Gasteiger partial charge in [-0.25, -0.2) is 0 Å². The van der Waals surface area contributed by atoms with Gasteiger partial charge in [-0.2, -0.15) is 13.2 Å². The Hall–Kier alpha value is -0.780. The lowest BCUT2D eigenvalue weighted by molar-refractivity contribution is -0.168. The molecule has 0 radical (unpaired) electrons. The van der Waals surface area contributed by atoms with Crippen molar-refractivity contribution >= 4 is 5.97 Å². The van der Waals surface area contributed by atoms with E-state index in [2.05, 4.69) is 0 Å². The molecule has 0 saturated heterocycles. The highest BCUT2D eigenvalue weighted by atomic mass is 19.4. The first kappa shape index (κ1) is 16.2. The van der Waals surface area contributed by atoms with E-state index in [9.17, 15) is 18.0 Å². The lowest BCUT2D eigenvalue weighted by Gasteiger charge is -2.33. The molecule has 0 rings (SSSR count).